The number of quaternary nitrogens is 1. The average Bonchev–Trinajstić information content (AvgIpc) is 2.30. The molecule has 2 aromatic carbocycles. The van der Waals surface area contributed by atoms with Gasteiger partial charge in [0.1, 0.15) is 11.4 Å². The van der Waals surface area contributed by atoms with E-state index in [1.165, 1.54) is 26.1 Å². The SMILES string of the molecule is C[NH+]1c2ccccc2Sc2ccccc21.[Cl-]. The lowest BCUT2D eigenvalue weighted by Crippen LogP contribution is -3.00. The molecule has 0 amide bonds. The molecular formula is C13H12ClNS. The summed E-state index contributed by atoms with van der Waals surface area (Å²) in [5.74, 6) is 0. The van der Waals surface area contributed by atoms with Crippen molar-refractivity contribution in [3.05, 3.63) is 48.5 Å². The van der Waals surface area contributed by atoms with Crippen LogP contribution in [-0.4, -0.2) is 7.05 Å². The molecule has 2 aromatic rings. The molecule has 16 heavy (non-hydrogen) atoms. The first-order chi connectivity index (χ1) is 7.36. The molecule has 1 aliphatic rings. The van der Waals surface area contributed by atoms with Gasteiger partial charge in [0.15, 0.2) is 0 Å². The molecule has 1 heterocycles. The van der Waals surface area contributed by atoms with Crippen LogP contribution in [0.2, 0.25) is 0 Å². The summed E-state index contributed by atoms with van der Waals surface area (Å²) in [4.78, 5) is 4.13. The first kappa shape index (κ1) is 11.5. The Kier molecular flexibility index (Phi) is 3.24. The molecule has 0 spiro atoms. The van der Waals surface area contributed by atoms with Crippen LogP contribution >= 0.6 is 11.8 Å². The summed E-state index contributed by atoms with van der Waals surface area (Å²) >= 11 is 1.87. The van der Waals surface area contributed by atoms with Crippen LogP contribution in [0.4, 0.5) is 11.4 Å². The Labute approximate surface area is 106 Å². The number of fused-ring (bicyclic) bond motifs is 2. The third-order valence-electron chi connectivity index (χ3n) is 2.80. The van der Waals surface area contributed by atoms with E-state index in [0.717, 1.165) is 0 Å². The van der Waals surface area contributed by atoms with Gasteiger partial charge >= 0.3 is 0 Å². The highest BCUT2D eigenvalue weighted by Crippen LogP contribution is 2.39. The fourth-order valence-electron chi connectivity index (χ4n) is 1.99. The Morgan fingerprint density at radius 2 is 1.25 bits per heavy atom. The second kappa shape index (κ2) is 4.50. The van der Waals surface area contributed by atoms with Crippen LogP contribution < -0.4 is 17.3 Å². The molecule has 82 valence electrons. The first-order valence-corrected chi connectivity index (χ1v) is 5.88. The Hall–Kier alpha value is -0.960. The molecule has 0 aliphatic carbocycles. The molecule has 0 saturated heterocycles. The van der Waals surface area contributed by atoms with Gasteiger partial charge in [0, 0.05) is 12.1 Å². The van der Waals surface area contributed by atoms with Crippen molar-refractivity contribution in [1.29, 1.82) is 0 Å². The molecule has 1 N–H and O–H groups in total. The van der Waals surface area contributed by atoms with Crippen LogP contribution in [0, 0.1) is 0 Å². The first-order valence-electron chi connectivity index (χ1n) is 5.06. The summed E-state index contributed by atoms with van der Waals surface area (Å²) in [5, 5.41) is 0. The molecule has 1 aliphatic heterocycles. The third kappa shape index (κ3) is 1.73. The molecule has 0 bridgehead atoms. The average molecular weight is 250 g/mol. The fraction of sp³-hybridized carbons (Fsp3) is 0.0769. The van der Waals surface area contributed by atoms with Crippen LogP contribution in [0.1, 0.15) is 0 Å². The van der Waals surface area contributed by atoms with E-state index in [0.29, 0.717) is 0 Å². The monoisotopic (exact) mass is 249 g/mol. The second-order valence-electron chi connectivity index (χ2n) is 3.72. The summed E-state index contributed by atoms with van der Waals surface area (Å²) < 4.78 is 0. The summed E-state index contributed by atoms with van der Waals surface area (Å²) in [5.41, 5.74) is 2.75. The molecule has 0 saturated carbocycles. The van der Waals surface area contributed by atoms with E-state index in [9.17, 15) is 0 Å². The number of hydrogen-bond acceptors (Lipinski definition) is 1. The van der Waals surface area contributed by atoms with Gasteiger partial charge in [-0.25, -0.2) is 0 Å². The van der Waals surface area contributed by atoms with Crippen molar-refractivity contribution in [2.24, 2.45) is 0 Å². The van der Waals surface area contributed by atoms with Crippen LogP contribution in [0.3, 0.4) is 0 Å². The van der Waals surface area contributed by atoms with Crippen LogP contribution in [0.25, 0.3) is 0 Å². The van der Waals surface area contributed by atoms with Crippen molar-refractivity contribution in [3.63, 3.8) is 0 Å². The molecule has 0 unspecified atom stereocenters. The van der Waals surface area contributed by atoms with Gasteiger partial charge in [0.2, 0.25) is 0 Å². The number of para-hydroxylation sites is 2. The summed E-state index contributed by atoms with van der Waals surface area (Å²) in [6.07, 6.45) is 0. The maximum atomic E-state index is 2.21. The van der Waals surface area contributed by atoms with Crippen molar-refractivity contribution < 1.29 is 17.3 Å². The van der Waals surface area contributed by atoms with Crippen LogP contribution in [0.15, 0.2) is 58.3 Å². The number of nitrogens with one attached hydrogen (secondary N) is 1. The zero-order valence-corrected chi connectivity index (χ0v) is 10.5. The molecule has 1 nitrogen and oxygen atoms in total. The topological polar surface area (TPSA) is 4.44 Å². The zero-order chi connectivity index (χ0) is 10.3. The normalized spacial score (nSPS) is 13.6. The number of halogens is 1. The Bertz CT molecular complexity index is 467. The maximum absolute atomic E-state index is 2.21. The Balaban J connectivity index is 0.000000963. The lowest BCUT2D eigenvalue weighted by Gasteiger charge is -2.23. The Morgan fingerprint density at radius 3 is 1.75 bits per heavy atom. The zero-order valence-electron chi connectivity index (χ0n) is 8.91. The van der Waals surface area contributed by atoms with E-state index in [4.69, 9.17) is 0 Å². The van der Waals surface area contributed by atoms with Gasteiger partial charge in [-0.2, -0.15) is 0 Å². The van der Waals surface area contributed by atoms with E-state index in [1.54, 1.807) is 0 Å². The van der Waals surface area contributed by atoms with E-state index in [2.05, 4.69) is 55.6 Å². The standard InChI is InChI=1S/C13H11NS.ClH/c1-14-10-6-2-4-8-12(10)15-13-9-5-3-7-11(13)14;/h2-9H,1H3;1H. The van der Waals surface area contributed by atoms with Crippen molar-refractivity contribution in [2.75, 3.05) is 7.05 Å². The highest BCUT2D eigenvalue weighted by molar-refractivity contribution is 7.99. The molecule has 0 radical (unpaired) electrons. The summed E-state index contributed by atoms with van der Waals surface area (Å²) in [6, 6.07) is 17.2. The van der Waals surface area contributed by atoms with Gasteiger partial charge in [-0.05, 0) is 12.1 Å². The van der Waals surface area contributed by atoms with Gasteiger partial charge in [-0.3, -0.25) is 4.90 Å². The van der Waals surface area contributed by atoms with Crippen molar-refractivity contribution in [3.8, 4) is 0 Å². The van der Waals surface area contributed by atoms with Crippen molar-refractivity contribution in [2.45, 2.75) is 9.79 Å². The van der Waals surface area contributed by atoms with E-state index < -0.39 is 0 Å². The molecule has 3 rings (SSSR count). The number of benzene rings is 2. The molecule has 0 aromatic heterocycles. The van der Waals surface area contributed by atoms with Gasteiger partial charge in [-0.15, -0.1) is 0 Å². The molecule has 3 heteroatoms. The van der Waals surface area contributed by atoms with Gasteiger partial charge in [-0.1, -0.05) is 36.0 Å². The minimum atomic E-state index is 0. The fourth-order valence-corrected chi connectivity index (χ4v) is 3.19. The molecule has 0 fully saturated rings. The summed E-state index contributed by atoms with van der Waals surface area (Å²) in [6.45, 7) is 0. The number of hydrogen-bond donors (Lipinski definition) is 1. The summed E-state index contributed by atoms with van der Waals surface area (Å²) in [7, 11) is 2.21. The largest absolute Gasteiger partial charge is 1.00 e. The molecule has 0 atom stereocenters. The second-order valence-corrected chi connectivity index (χ2v) is 4.80. The van der Waals surface area contributed by atoms with Gasteiger partial charge in [0.05, 0.1) is 16.8 Å². The van der Waals surface area contributed by atoms with Crippen molar-refractivity contribution in [1.82, 2.24) is 0 Å². The third-order valence-corrected chi connectivity index (χ3v) is 3.95. The predicted octanol–water partition coefficient (Wildman–Crippen LogP) is -0.367. The van der Waals surface area contributed by atoms with Gasteiger partial charge in [0.25, 0.3) is 0 Å². The van der Waals surface area contributed by atoms with Crippen molar-refractivity contribution >= 4 is 23.1 Å². The lowest BCUT2D eigenvalue weighted by atomic mass is 10.2. The van der Waals surface area contributed by atoms with E-state index >= 15 is 0 Å². The highest BCUT2D eigenvalue weighted by Gasteiger charge is 2.24. The highest BCUT2D eigenvalue weighted by atomic mass is 35.5. The quantitative estimate of drug-likeness (QED) is 0.668. The predicted molar refractivity (Wildman–Crippen MR) is 63.2 cm³/mol. The maximum Gasteiger partial charge on any atom is 0.150 e. The van der Waals surface area contributed by atoms with E-state index in [1.807, 2.05) is 11.8 Å². The van der Waals surface area contributed by atoms with Crippen LogP contribution in [0.5, 0.6) is 0 Å². The number of rotatable bonds is 0. The van der Waals surface area contributed by atoms with Crippen LogP contribution in [-0.2, 0) is 0 Å². The smallest absolute Gasteiger partial charge is 0.150 e. The molecular weight excluding hydrogens is 238 g/mol. The minimum Gasteiger partial charge on any atom is -1.00 e. The van der Waals surface area contributed by atoms with E-state index in [-0.39, 0.29) is 12.4 Å². The Morgan fingerprint density at radius 1 is 0.812 bits per heavy atom. The lowest BCUT2D eigenvalue weighted by molar-refractivity contribution is -0.739. The van der Waals surface area contributed by atoms with Gasteiger partial charge < -0.3 is 12.4 Å². The minimum absolute atomic E-state index is 0.